The summed E-state index contributed by atoms with van der Waals surface area (Å²) in [5.74, 6) is -0.519. The van der Waals surface area contributed by atoms with E-state index in [9.17, 15) is 14.7 Å². The van der Waals surface area contributed by atoms with E-state index in [2.05, 4.69) is 5.32 Å². The van der Waals surface area contributed by atoms with Crippen molar-refractivity contribution in [1.29, 1.82) is 0 Å². The molecule has 7 heteroatoms. The van der Waals surface area contributed by atoms with Gasteiger partial charge >= 0.3 is 5.97 Å². The highest BCUT2D eigenvalue weighted by Gasteiger charge is 2.17. The van der Waals surface area contributed by atoms with Crippen molar-refractivity contribution in [2.24, 2.45) is 0 Å². The zero-order chi connectivity index (χ0) is 17.4. The third-order valence-corrected chi connectivity index (χ3v) is 3.13. The number of nitrogens with one attached hydrogen (secondary N) is 1. The number of rotatable bonds is 9. The lowest BCUT2D eigenvalue weighted by atomic mass is 10.2. The number of ether oxygens (including phenoxy) is 1. The number of aliphatic hydroxyl groups is 1. The third-order valence-electron chi connectivity index (χ3n) is 3.13. The van der Waals surface area contributed by atoms with Gasteiger partial charge in [0, 0.05) is 25.2 Å². The molecule has 0 aliphatic rings. The van der Waals surface area contributed by atoms with Gasteiger partial charge in [-0.3, -0.25) is 14.5 Å². The maximum atomic E-state index is 10.9. The van der Waals surface area contributed by atoms with Crippen LogP contribution in [0.3, 0.4) is 0 Å². The molecular weight excluding hydrogens is 300 g/mol. The van der Waals surface area contributed by atoms with Gasteiger partial charge in [0.2, 0.25) is 5.91 Å². The Labute approximate surface area is 135 Å². The Morgan fingerprint density at radius 3 is 2.35 bits per heavy atom. The van der Waals surface area contributed by atoms with E-state index in [0.717, 1.165) is 0 Å². The standard InChI is InChI=1S/C16H24N2O5/c1-11(2)18(9-16(21)22)8-14(20)10-23-15-6-4-13(5-7-15)17-12(3)19/h4-7,11,14,20H,8-10H2,1-3H3,(H,17,19)(H,21,22). The summed E-state index contributed by atoms with van der Waals surface area (Å²) >= 11 is 0. The molecule has 1 rings (SSSR count). The van der Waals surface area contributed by atoms with Crippen molar-refractivity contribution in [1.82, 2.24) is 4.90 Å². The lowest BCUT2D eigenvalue weighted by Crippen LogP contribution is -2.42. The van der Waals surface area contributed by atoms with Crippen molar-refractivity contribution in [3.05, 3.63) is 24.3 Å². The molecule has 1 aromatic carbocycles. The van der Waals surface area contributed by atoms with Crippen molar-refractivity contribution in [2.45, 2.75) is 32.9 Å². The SMILES string of the molecule is CC(=O)Nc1ccc(OCC(O)CN(CC(=O)O)C(C)C)cc1. The number of carboxylic acid groups (broad SMARTS) is 1. The quantitative estimate of drug-likeness (QED) is 0.631. The number of hydrogen-bond acceptors (Lipinski definition) is 5. The van der Waals surface area contributed by atoms with E-state index in [1.165, 1.54) is 6.92 Å². The molecule has 0 aromatic heterocycles. The zero-order valence-corrected chi connectivity index (χ0v) is 13.7. The predicted octanol–water partition coefficient (Wildman–Crippen LogP) is 1.18. The minimum atomic E-state index is -0.930. The van der Waals surface area contributed by atoms with Crippen LogP contribution in [0.5, 0.6) is 5.75 Å². The molecule has 23 heavy (non-hydrogen) atoms. The number of hydrogen-bond donors (Lipinski definition) is 3. The molecule has 0 heterocycles. The zero-order valence-electron chi connectivity index (χ0n) is 13.7. The Balaban J connectivity index is 2.46. The summed E-state index contributed by atoms with van der Waals surface area (Å²) < 4.78 is 5.48. The molecule has 7 nitrogen and oxygen atoms in total. The fraction of sp³-hybridized carbons (Fsp3) is 0.500. The molecule has 0 fully saturated rings. The Hall–Kier alpha value is -2.12. The van der Waals surface area contributed by atoms with Gasteiger partial charge in [-0.1, -0.05) is 0 Å². The summed E-state index contributed by atoms with van der Waals surface area (Å²) in [5, 5.41) is 21.5. The van der Waals surface area contributed by atoms with E-state index in [0.29, 0.717) is 11.4 Å². The maximum Gasteiger partial charge on any atom is 0.317 e. The predicted molar refractivity (Wildman–Crippen MR) is 86.6 cm³/mol. The Morgan fingerprint density at radius 2 is 1.87 bits per heavy atom. The van der Waals surface area contributed by atoms with Gasteiger partial charge in [0.05, 0.1) is 6.54 Å². The van der Waals surface area contributed by atoms with Crippen molar-refractivity contribution >= 4 is 17.6 Å². The largest absolute Gasteiger partial charge is 0.491 e. The molecule has 1 aromatic rings. The van der Waals surface area contributed by atoms with Gasteiger partial charge in [-0.15, -0.1) is 0 Å². The second-order valence-corrected chi connectivity index (χ2v) is 5.59. The molecule has 128 valence electrons. The summed E-state index contributed by atoms with van der Waals surface area (Å²) in [7, 11) is 0. The van der Waals surface area contributed by atoms with Gasteiger partial charge in [-0.05, 0) is 38.1 Å². The molecule has 1 amide bonds. The van der Waals surface area contributed by atoms with E-state index >= 15 is 0 Å². The molecule has 0 saturated heterocycles. The molecule has 1 unspecified atom stereocenters. The molecular formula is C16H24N2O5. The average molecular weight is 324 g/mol. The number of carbonyl (C=O) groups is 2. The van der Waals surface area contributed by atoms with Crippen LogP contribution in [0.25, 0.3) is 0 Å². The normalized spacial score (nSPS) is 12.3. The summed E-state index contributed by atoms with van der Waals surface area (Å²) in [6.07, 6.45) is -0.799. The number of nitrogens with zero attached hydrogens (tertiary/aromatic N) is 1. The maximum absolute atomic E-state index is 10.9. The van der Waals surface area contributed by atoms with Crippen LogP contribution in [-0.4, -0.2) is 58.8 Å². The van der Waals surface area contributed by atoms with Crippen LogP contribution in [0.15, 0.2) is 24.3 Å². The van der Waals surface area contributed by atoms with E-state index < -0.39 is 12.1 Å². The summed E-state index contributed by atoms with van der Waals surface area (Å²) in [4.78, 5) is 23.4. The second kappa shape index (κ2) is 9.12. The number of carboxylic acids is 1. The van der Waals surface area contributed by atoms with Crippen LogP contribution in [0.1, 0.15) is 20.8 Å². The Kier molecular flexibility index (Phi) is 7.50. The molecule has 3 N–H and O–H groups in total. The lowest BCUT2D eigenvalue weighted by Gasteiger charge is -2.26. The Morgan fingerprint density at radius 1 is 1.26 bits per heavy atom. The van der Waals surface area contributed by atoms with E-state index in [1.54, 1.807) is 29.2 Å². The lowest BCUT2D eigenvalue weighted by molar-refractivity contribution is -0.139. The Bertz CT molecular complexity index is 516. The molecule has 0 spiro atoms. The minimum Gasteiger partial charge on any atom is -0.491 e. The van der Waals surface area contributed by atoms with E-state index in [4.69, 9.17) is 9.84 Å². The van der Waals surface area contributed by atoms with Crippen LogP contribution < -0.4 is 10.1 Å². The number of aliphatic hydroxyl groups excluding tert-OH is 1. The third kappa shape index (κ3) is 7.62. The number of benzene rings is 1. The number of amides is 1. The molecule has 0 aliphatic carbocycles. The number of carbonyl (C=O) groups excluding carboxylic acids is 1. The molecule has 0 aliphatic heterocycles. The van der Waals surface area contributed by atoms with Crippen molar-refractivity contribution in [2.75, 3.05) is 25.0 Å². The van der Waals surface area contributed by atoms with Gasteiger partial charge < -0.3 is 20.3 Å². The van der Waals surface area contributed by atoms with Crippen molar-refractivity contribution < 1.29 is 24.5 Å². The van der Waals surface area contributed by atoms with E-state index in [-0.39, 0.29) is 31.6 Å². The fourth-order valence-corrected chi connectivity index (χ4v) is 1.99. The number of anilines is 1. The summed E-state index contributed by atoms with van der Waals surface area (Å²) in [5.41, 5.74) is 0.665. The van der Waals surface area contributed by atoms with Crippen molar-refractivity contribution in [3.8, 4) is 5.75 Å². The minimum absolute atomic E-state index is 0.0117. The summed E-state index contributed by atoms with van der Waals surface area (Å²) in [6, 6.07) is 6.80. The van der Waals surface area contributed by atoms with Gasteiger partial charge in [0.25, 0.3) is 0 Å². The van der Waals surface area contributed by atoms with Gasteiger partial charge in [-0.2, -0.15) is 0 Å². The number of aliphatic carboxylic acids is 1. The highest BCUT2D eigenvalue weighted by Crippen LogP contribution is 2.16. The van der Waals surface area contributed by atoms with E-state index in [1.807, 2.05) is 13.8 Å². The molecule has 0 radical (unpaired) electrons. The first-order valence-electron chi connectivity index (χ1n) is 7.42. The smallest absolute Gasteiger partial charge is 0.317 e. The van der Waals surface area contributed by atoms with Gasteiger partial charge in [0.15, 0.2) is 0 Å². The summed E-state index contributed by atoms with van der Waals surface area (Å²) in [6.45, 7) is 5.32. The van der Waals surface area contributed by atoms with Gasteiger partial charge in [-0.25, -0.2) is 0 Å². The topological polar surface area (TPSA) is 99.1 Å². The van der Waals surface area contributed by atoms with Crippen LogP contribution >= 0.6 is 0 Å². The monoisotopic (exact) mass is 324 g/mol. The van der Waals surface area contributed by atoms with Gasteiger partial charge in [0.1, 0.15) is 18.5 Å². The van der Waals surface area contributed by atoms with Crippen LogP contribution in [0.4, 0.5) is 5.69 Å². The average Bonchev–Trinajstić information content (AvgIpc) is 2.44. The first-order valence-corrected chi connectivity index (χ1v) is 7.42. The molecule has 0 bridgehead atoms. The van der Waals surface area contributed by atoms with Crippen LogP contribution in [-0.2, 0) is 9.59 Å². The second-order valence-electron chi connectivity index (χ2n) is 5.59. The fourth-order valence-electron chi connectivity index (χ4n) is 1.99. The highest BCUT2D eigenvalue weighted by molar-refractivity contribution is 5.88. The molecule has 0 saturated carbocycles. The first-order chi connectivity index (χ1) is 10.8. The first kappa shape index (κ1) is 18.9. The van der Waals surface area contributed by atoms with Crippen LogP contribution in [0.2, 0.25) is 0 Å². The van der Waals surface area contributed by atoms with Crippen molar-refractivity contribution in [3.63, 3.8) is 0 Å². The van der Waals surface area contributed by atoms with Crippen LogP contribution in [0, 0.1) is 0 Å². The highest BCUT2D eigenvalue weighted by atomic mass is 16.5. The molecule has 1 atom stereocenters.